The van der Waals surface area contributed by atoms with Crippen LogP contribution in [0, 0.1) is 13.8 Å². The van der Waals surface area contributed by atoms with Gasteiger partial charge in [0.1, 0.15) is 11.5 Å². The summed E-state index contributed by atoms with van der Waals surface area (Å²) < 4.78 is 81.8. The van der Waals surface area contributed by atoms with Crippen molar-refractivity contribution in [2.45, 2.75) is 39.7 Å². The van der Waals surface area contributed by atoms with Gasteiger partial charge in [-0.3, -0.25) is 0 Å². The summed E-state index contributed by atoms with van der Waals surface area (Å²) in [5.41, 5.74) is 5.45. The zero-order chi connectivity index (χ0) is 35.5. The van der Waals surface area contributed by atoms with E-state index in [1.807, 2.05) is 62.4 Å². The predicted octanol–water partition coefficient (Wildman–Crippen LogP) is 13.0. The molecule has 0 bridgehead atoms. The quantitative estimate of drug-likeness (QED) is 0.100. The van der Waals surface area contributed by atoms with Gasteiger partial charge in [-0.1, -0.05) is 74.5 Å². The second kappa shape index (κ2) is 18.1. The van der Waals surface area contributed by atoms with Crippen molar-refractivity contribution in [3.8, 4) is 33.8 Å². The van der Waals surface area contributed by atoms with Gasteiger partial charge in [-0.15, -0.1) is 95.4 Å². The first-order valence-electron chi connectivity index (χ1n) is 14.3. The third-order valence-corrected chi connectivity index (χ3v) is 6.55. The van der Waals surface area contributed by atoms with E-state index in [1.54, 1.807) is 24.3 Å². The summed E-state index contributed by atoms with van der Waals surface area (Å²) in [7, 11) is 11.0. The van der Waals surface area contributed by atoms with E-state index >= 15 is 0 Å². The van der Waals surface area contributed by atoms with E-state index < -0.39 is 33.6 Å². The van der Waals surface area contributed by atoms with Crippen LogP contribution in [0.15, 0.2) is 109 Å². The Balaban J connectivity index is 0.000000224. The molecular formula is C36H30Cl2F6O2SiZr. The number of aryl methyl sites for hydroxylation is 2. The number of ether oxygens (including phenoxy) is 2. The fourth-order valence-electron chi connectivity index (χ4n) is 4.99. The van der Waals surface area contributed by atoms with E-state index in [1.165, 1.54) is 24.3 Å². The minimum absolute atomic E-state index is 0.208. The first kappa shape index (κ1) is 39.4. The number of fused-ring (bicyclic) bond motifs is 2. The summed E-state index contributed by atoms with van der Waals surface area (Å²) in [5, 5.41) is 4.21. The van der Waals surface area contributed by atoms with Crippen LogP contribution >= 0.6 is 17.0 Å². The molecule has 6 rings (SSSR count). The van der Waals surface area contributed by atoms with Gasteiger partial charge < -0.3 is 9.47 Å². The van der Waals surface area contributed by atoms with E-state index in [4.69, 9.17) is 17.0 Å². The first-order chi connectivity index (χ1) is 22.7. The van der Waals surface area contributed by atoms with Crippen molar-refractivity contribution < 1.29 is 56.7 Å². The molecule has 0 spiro atoms. The Hall–Kier alpha value is -3.04. The molecule has 0 aliphatic heterocycles. The van der Waals surface area contributed by atoms with Crippen LogP contribution in [0.1, 0.15) is 11.1 Å². The molecule has 0 N–H and O–H groups in total. The molecule has 2 radical (unpaired) electrons. The van der Waals surface area contributed by atoms with E-state index in [9.17, 15) is 26.3 Å². The zero-order valence-corrected chi connectivity index (χ0v) is 31.2. The Kier molecular flexibility index (Phi) is 14.9. The fraction of sp³-hybridized carbons (Fsp3) is 0.167. The van der Waals surface area contributed by atoms with E-state index in [0.29, 0.717) is 11.1 Å². The SMILES string of the molecule is C[Si]C.Cc1cc2c(-c3cccc(OC(F)(F)F)c3)cccc2[cH-]1.Cc1cc2c(-c3cccc(OC(F)(F)F)c3)cccc2[cH-]1.[Cl][Zr+2][Cl]. The number of halogens is 8. The van der Waals surface area contributed by atoms with Crippen molar-refractivity contribution in [1.29, 1.82) is 0 Å². The van der Waals surface area contributed by atoms with Crippen molar-refractivity contribution in [2.75, 3.05) is 0 Å². The number of benzene rings is 4. The van der Waals surface area contributed by atoms with Gasteiger partial charge >= 0.3 is 50.6 Å². The standard InChI is InChI=1S/2C17H12F3O.C2H6Si.2ClH.Zr/c2*1-11-8-12-5-3-7-15(16(12)9-11)13-4-2-6-14(10-13)21-17(18,19)20;1-3-2;;;/h2*2-10H,1H3;1-2H3;2*1H;/q2*-1;;;;+4/p-2. The molecule has 48 heavy (non-hydrogen) atoms. The fourth-order valence-corrected chi connectivity index (χ4v) is 4.99. The van der Waals surface area contributed by atoms with Crippen LogP contribution in [-0.2, 0) is 20.8 Å². The molecule has 0 heterocycles. The summed E-state index contributed by atoms with van der Waals surface area (Å²) in [5.74, 6) is -0.416. The van der Waals surface area contributed by atoms with Crippen LogP contribution < -0.4 is 9.47 Å². The molecule has 0 aliphatic rings. The van der Waals surface area contributed by atoms with Crippen LogP contribution in [-0.4, -0.2) is 22.2 Å². The van der Waals surface area contributed by atoms with E-state index in [2.05, 4.69) is 34.7 Å². The van der Waals surface area contributed by atoms with Crippen molar-refractivity contribution in [1.82, 2.24) is 0 Å². The summed E-state index contributed by atoms with van der Waals surface area (Å²) >= 11 is -0.826. The summed E-state index contributed by atoms with van der Waals surface area (Å²) in [6.45, 7) is 8.29. The second-order valence-electron chi connectivity index (χ2n) is 10.4. The minimum atomic E-state index is -4.68. The molecule has 0 aromatic heterocycles. The van der Waals surface area contributed by atoms with Crippen molar-refractivity contribution >= 4 is 48.1 Å². The van der Waals surface area contributed by atoms with Crippen LogP contribution in [0.25, 0.3) is 43.8 Å². The van der Waals surface area contributed by atoms with Crippen molar-refractivity contribution in [3.63, 3.8) is 0 Å². The van der Waals surface area contributed by atoms with Gasteiger partial charge in [-0.25, -0.2) is 0 Å². The number of rotatable bonds is 4. The van der Waals surface area contributed by atoms with Gasteiger partial charge in [0.15, 0.2) is 0 Å². The molecule has 6 aromatic rings. The topological polar surface area (TPSA) is 18.5 Å². The van der Waals surface area contributed by atoms with Gasteiger partial charge in [-0.05, 0) is 35.4 Å². The average molecular weight is 799 g/mol. The predicted molar refractivity (Wildman–Crippen MR) is 182 cm³/mol. The maximum atomic E-state index is 12.3. The zero-order valence-electron chi connectivity index (χ0n) is 26.2. The number of hydrogen-bond acceptors (Lipinski definition) is 2. The molecule has 0 saturated carbocycles. The third kappa shape index (κ3) is 12.1. The molecule has 0 atom stereocenters. The van der Waals surface area contributed by atoms with Gasteiger partial charge in [-0.2, -0.15) is 12.1 Å². The molecule has 0 amide bonds. The third-order valence-electron chi connectivity index (χ3n) is 6.55. The monoisotopic (exact) mass is 796 g/mol. The molecule has 0 unspecified atom stereocenters. The van der Waals surface area contributed by atoms with Crippen LogP contribution in [0.4, 0.5) is 26.3 Å². The average Bonchev–Trinajstić information content (AvgIpc) is 3.57. The normalized spacial score (nSPS) is 10.9. The Morgan fingerprint density at radius 3 is 1.25 bits per heavy atom. The summed E-state index contributed by atoms with van der Waals surface area (Å²) in [6.07, 6.45) is -9.36. The molecule has 12 heteroatoms. The molecular weight excluding hydrogens is 769 g/mol. The molecule has 6 aromatic carbocycles. The van der Waals surface area contributed by atoms with Crippen LogP contribution in [0.5, 0.6) is 11.5 Å². The molecule has 0 aliphatic carbocycles. The van der Waals surface area contributed by atoms with Crippen LogP contribution in [0.2, 0.25) is 13.1 Å². The van der Waals surface area contributed by atoms with Gasteiger partial charge in [0.2, 0.25) is 0 Å². The van der Waals surface area contributed by atoms with E-state index in [-0.39, 0.29) is 11.5 Å². The molecule has 0 saturated heterocycles. The summed E-state index contributed by atoms with van der Waals surface area (Å²) in [6, 6.07) is 31.8. The van der Waals surface area contributed by atoms with Crippen LogP contribution in [0.3, 0.4) is 0 Å². The van der Waals surface area contributed by atoms with Crippen molar-refractivity contribution in [3.05, 3.63) is 120 Å². The van der Waals surface area contributed by atoms with Crippen molar-refractivity contribution in [2.24, 2.45) is 0 Å². The maximum absolute atomic E-state index is 12.3. The molecule has 0 fully saturated rings. The Bertz CT molecular complexity index is 1760. The Morgan fingerprint density at radius 2 is 0.917 bits per heavy atom. The van der Waals surface area contributed by atoms with E-state index in [0.717, 1.165) is 53.3 Å². The van der Waals surface area contributed by atoms with Gasteiger partial charge in [0.05, 0.1) is 0 Å². The summed E-state index contributed by atoms with van der Waals surface area (Å²) in [4.78, 5) is 0. The number of alkyl halides is 6. The second-order valence-corrected chi connectivity index (χ2v) is 15.1. The molecule has 2 nitrogen and oxygen atoms in total. The Morgan fingerprint density at radius 1 is 0.583 bits per heavy atom. The van der Waals surface area contributed by atoms with Gasteiger partial charge in [0, 0.05) is 9.52 Å². The molecule has 250 valence electrons. The Labute approximate surface area is 296 Å². The van der Waals surface area contributed by atoms with Gasteiger partial charge in [0.25, 0.3) is 0 Å². The number of hydrogen-bond donors (Lipinski definition) is 0. The first-order valence-corrected chi connectivity index (χ1v) is 22.6.